The first-order valence-corrected chi connectivity index (χ1v) is 7.49. The second-order valence-corrected chi connectivity index (χ2v) is 6.52. The topological polar surface area (TPSA) is 83.9 Å². The number of carbonyl (C=O) groups is 3. The summed E-state index contributed by atoms with van der Waals surface area (Å²) < 4.78 is 5.74. The fraction of sp³-hybridized carbons (Fsp3) is 0.312. The van der Waals surface area contributed by atoms with E-state index in [1.54, 1.807) is 13.0 Å². The molecule has 0 aliphatic carbocycles. The summed E-state index contributed by atoms with van der Waals surface area (Å²) in [6.45, 7) is 1.79. The number of halogens is 1. The molecule has 1 N–H and O–H groups in total. The molecule has 4 atom stereocenters. The standard InChI is InChI=1S/C16H12ClNO5/c1-16-5-4-10(23-16)11-12(16)14(20)18(13(11)19)7-2-3-9(17)8(6-7)15(21)22/h2-6,10-12H,1H3,(H,21,22)/t10-,11+,12+,16-/m0/s1. The average molecular weight is 334 g/mol. The van der Waals surface area contributed by atoms with Crippen LogP contribution in [0.3, 0.4) is 0 Å². The maximum atomic E-state index is 12.8. The normalized spacial score (nSPS) is 34.3. The predicted molar refractivity (Wildman–Crippen MR) is 80.3 cm³/mol. The Morgan fingerprint density at radius 2 is 2.09 bits per heavy atom. The highest BCUT2D eigenvalue weighted by molar-refractivity contribution is 6.34. The molecule has 2 amide bonds. The number of ether oxygens (including phenoxy) is 1. The van der Waals surface area contributed by atoms with E-state index in [0.717, 1.165) is 4.90 Å². The van der Waals surface area contributed by atoms with Crippen LogP contribution in [0.15, 0.2) is 30.4 Å². The molecule has 0 saturated carbocycles. The van der Waals surface area contributed by atoms with Crippen LogP contribution >= 0.6 is 11.6 Å². The summed E-state index contributed by atoms with van der Waals surface area (Å²) in [6, 6.07) is 4.10. The Morgan fingerprint density at radius 3 is 2.74 bits per heavy atom. The molecule has 0 radical (unpaired) electrons. The zero-order valence-electron chi connectivity index (χ0n) is 12.0. The Bertz CT molecular complexity index is 804. The first-order valence-electron chi connectivity index (χ1n) is 7.11. The molecule has 0 unspecified atom stereocenters. The van der Waals surface area contributed by atoms with Gasteiger partial charge in [-0.25, -0.2) is 9.69 Å². The van der Waals surface area contributed by atoms with Crippen LogP contribution in [0.25, 0.3) is 0 Å². The van der Waals surface area contributed by atoms with Gasteiger partial charge in [-0.05, 0) is 25.1 Å². The summed E-state index contributed by atoms with van der Waals surface area (Å²) in [7, 11) is 0. The van der Waals surface area contributed by atoms with Crippen molar-refractivity contribution in [1.29, 1.82) is 0 Å². The Morgan fingerprint density at radius 1 is 1.35 bits per heavy atom. The summed E-state index contributed by atoms with van der Waals surface area (Å²) in [4.78, 5) is 37.7. The van der Waals surface area contributed by atoms with Gasteiger partial charge in [-0.1, -0.05) is 23.8 Å². The number of carboxylic acids is 1. The van der Waals surface area contributed by atoms with Crippen LogP contribution in [-0.2, 0) is 14.3 Å². The van der Waals surface area contributed by atoms with Gasteiger partial charge >= 0.3 is 5.97 Å². The third kappa shape index (κ3) is 1.76. The van der Waals surface area contributed by atoms with Crippen LogP contribution in [-0.4, -0.2) is 34.6 Å². The van der Waals surface area contributed by atoms with E-state index in [4.69, 9.17) is 21.4 Å². The van der Waals surface area contributed by atoms with Gasteiger partial charge in [0.2, 0.25) is 11.8 Å². The minimum absolute atomic E-state index is 0.0533. The van der Waals surface area contributed by atoms with Gasteiger partial charge in [0.25, 0.3) is 0 Å². The molecule has 3 aliphatic heterocycles. The van der Waals surface area contributed by atoms with Crippen LogP contribution in [0.4, 0.5) is 5.69 Å². The number of benzene rings is 1. The summed E-state index contributed by atoms with van der Waals surface area (Å²) in [5.74, 6) is -3.08. The molecule has 2 fully saturated rings. The van der Waals surface area contributed by atoms with Crippen molar-refractivity contribution in [2.45, 2.75) is 18.6 Å². The zero-order chi connectivity index (χ0) is 16.5. The van der Waals surface area contributed by atoms with Crippen molar-refractivity contribution < 1.29 is 24.2 Å². The van der Waals surface area contributed by atoms with Crippen molar-refractivity contribution >= 4 is 35.1 Å². The molecule has 3 heterocycles. The Balaban J connectivity index is 1.78. The van der Waals surface area contributed by atoms with Crippen molar-refractivity contribution in [2.75, 3.05) is 4.90 Å². The molecule has 1 aromatic carbocycles. The largest absolute Gasteiger partial charge is 0.478 e. The lowest BCUT2D eigenvalue weighted by Gasteiger charge is -2.24. The monoisotopic (exact) mass is 333 g/mol. The number of anilines is 1. The molecular formula is C16H12ClNO5. The second kappa shape index (κ2) is 4.43. The van der Waals surface area contributed by atoms with Crippen LogP contribution in [0.1, 0.15) is 17.3 Å². The highest BCUT2D eigenvalue weighted by Gasteiger charge is 2.66. The van der Waals surface area contributed by atoms with Gasteiger partial charge < -0.3 is 9.84 Å². The number of nitrogens with zero attached hydrogens (tertiary/aromatic N) is 1. The summed E-state index contributed by atoms with van der Waals surface area (Å²) in [5, 5.41) is 9.21. The van der Waals surface area contributed by atoms with E-state index in [2.05, 4.69) is 0 Å². The molecule has 4 rings (SSSR count). The molecule has 0 spiro atoms. The van der Waals surface area contributed by atoms with Gasteiger partial charge in [0.05, 0.1) is 39.8 Å². The maximum Gasteiger partial charge on any atom is 0.337 e. The van der Waals surface area contributed by atoms with E-state index >= 15 is 0 Å². The highest BCUT2D eigenvalue weighted by atomic mass is 35.5. The molecule has 118 valence electrons. The fourth-order valence-corrected chi connectivity index (χ4v) is 3.92. The lowest BCUT2D eigenvalue weighted by atomic mass is 9.78. The van der Waals surface area contributed by atoms with Gasteiger partial charge in [-0.3, -0.25) is 9.59 Å². The lowest BCUT2D eigenvalue weighted by Crippen LogP contribution is -2.38. The van der Waals surface area contributed by atoms with Crippen LogP contribution in [0.2, 0.25) is 5.02 Å². The number of rotatable bonds is 2. The number of imide groups is 1. The second-order valence-electron chi connectivity index (χ2n) is 6.11. The zero-order valence-corrected chi connectivity index (χ0v) is 12.8. The highest BCUT2D eigenvalue weighted by Crippen LogP contribution is 2.52. The molecular weight excluding hydrogens is 322 g/mol. The van der Waals surface area contributed by atoms with Crippen LogP contribution < -0.4 is 4.90 Å². The fourth-order valence-electron chi connectivity index (χ4n) is 3.72. The number of hydrogen-bond acceptors (Lipinski definition) is 4. The first-order chi connectivity index (χ1) is 10.8. The summed E-state index contributed by atoms with van der Waals surface area (Å²) >= 11 is 5.85. The van der Waals surface area contributed by atoms with E-state index in [9.17, 15) is 14.4 Å². The van der Waals surface area contributed by atoms with Gasteiger partial charge in [0.1, 0.15) is 0 Å². The molecule has 23 heavy (non-hydrogen) atoms. The number of hydrogen-bond donors (Lipinski definition) is 1. The van der Waals surface area contributed by atoms with E-state index in [1.807, 2.05) is 6.08 Å². The number of fused-ring (bicyclic) bond motifs is 5. The Labute approximate surface area is 136 Å². The Kier molecular flexibility index (Phi) is 2.77. The van der Waals surface area contributed by atoms with Crippen molar-refractivity contribution in [3.63, 3.8) is 0 Å². The number of carboxylic acid groups (broad SMARTS) is 1. The van der Waals surface area contributed by atoms with Crippen molar-refractivity contribution in [3.8, 4) is 0 Å². The van der Waals surface area contributed by atoms with Crippen molar-refractivity contribution in [1.82, 2.24) is 0 Å². The van der Waals surface area contributed by atoms with E-state index in [0.29, 0.717) is 0 Å². The molecule has 2 saturated heterocycles. The number of aromatic carboxylic acids is 1. The lowest BCUT2D eigenvalue weighted by molar-refractivity contribution is -0.126. The number of carbonyl (C=O) groups excluding carboxylic acids is 2. The van der Waals surface area contributed by atoms with E-state index in [-0.39, 0.29) is 28.1 Å². The van der Waals surface area contributed by atoms with Gasteiger partial charge in [-0.15, -0.1) is 0 Å². The molecule has 6 nitrogen and oxygen atoms in total. The summed E-state index contributed by atoms with van der Waals surface area (Å²) in [5.41, 5.74) is -0.705. The molecule has 3 aliphatic rings. The minimum Gasteiger partial charge on any atom is -0.478 e. The summed E-state index contributed by atoms with van der Waals surface area (Å²) in [6.07, 6.45) is 3.22. The minimum atomic E-state index is -1.21. The van der Waals surface area contributed by atoms with Gasteiger partial charge in [0.15, 0.2) is 0 Å². The maximum absolute atomic E-state index is 12.8. The SMILES string of the molecule is C[C@@]12C=C[C@H](O1)[C@H]1C(=O)N(c3ccc(Cl)c(C(=O)O)c3)C(=O)[C@@H]12. The smallest absolute Gasteiger partial charge is 0.337 e. The van der Waals surface area contributed by atoms with Crippen molar-refractivity contribution in [3.05, 3.63) is 40.9 Å². The quantitative estimate of drug-likeness (QED) is 0.660. The van der Waals surface area contributed by atoms with Gasteiger partial charge in [-0.2, -0.15) is 0 Å². The van der Waals surface area contributed by atoms with Crippen LogP contribution in [0.5, 0.6) is 0 Å². The van der Waals surface area contributed by atoms with Gasteiger partial charge in [0, 0.05) is 0 Å². The molecule has 7 heteroatoms. The van der Waals surface area contributed by atoms with E-state index < -0.39 is 29.5 Å². The Hall–Kier alpha value is -2.18. The number of amides is 2. The van der Waals surface area contributed by atoms with E-state index in [1.165, 1.54) is 18.2 Å². The third-order valence-electron chi connectivity index (χ3n) is 4.77. The molecule has 2 bridgehead atoms. The third-order valence-corrected chi connectivity index (χ3v) is 5.10. The molecule has 1 aromatic rings. The first kappa shape index (κ1) is 14.4. The molecule has 0 aromatic heterocycles. The van der Waals surface area contributed by atoms with Crippen molar-refractivity contribution in [2.24, 2.45) is 11.8 Å². The predicted octanol–water partition coefficient (Wildman–Crippen LogP) is 1.87. The average Bonchev–Trinajstić information content (AvgIpc) is 3.09. The van der Waals surface area contributed by atoms with Crippen LogP contribution in [0, 0.1) is 11.8 Å².